The molecule has 5 rings (SSSR count). The quantitative estimate of drug-likeness (QED) is 0.777. The molecule has 4 unspecified atom stereocenters. The summed E-state index contributed by atoms with van der Waals surface area (Å²) >= 11 is 0. The molecule has 2 fully saturated rings. The second-order valence-electron chi connectivity index (χ2n) is 8.05. The predicted molar refractivity (Wildman–Crippen MR) is 88.7 cm³/mol. The van der Waals surface area contributed by atoms with E-state index in [1.807, 2.05) is 13.0 Å². The maximum Gasteiger partial charge on any atom is 0.338 e. The number of hydrogen-bond donors (Lipinski definition) is 1. The van der Waals surface area contributed by atoms with Gasteiger partial charge in [0.15, 0.2) is 0 Å². The summed E-state index contributed by atoms with van der Waals surface area (Å²) in [6.45, 7) is 2.28. The van der Waals surface area contributed by atoms with Crippen molar-refractivity contribution >= 4 is 11.9 Å². The molecule has 4 aliphatic rings. The first-order chi connectivity index (χ1) is 12.5. The zero-order valence-electron chi connectivity index (χ0n) is 14.5. The van der Waals surface area contributed by atoms with E-state index in [-0.39, 0.29) is 30.7 Å². The van der Waals surface area contributed by atoms with Crippen LogP contribution in [0.5, 0.6) is 0 Å². The molecule has 2 saturated heterocycles. The number of carbonyl (C=O) groups excluding carboxylic acids is 2. The third kappa shape index (κ3) is 1.82. The van der Waals surface area contributed by atoms with Gasteiger partial charge in [-0.1, -0.05) is 13.0 Å². The van der Waals surface area contributed by atoms with Crippen molar-refractivity contribution in [2.75, 3.05) is 6.61 Å². The summed E-state index contributed by atoms with van der Waals surface area (Å²) in [5, 5.41) is 10.8. The number of hydrogen-bond acceptors (Lipinski definition) is 6. The smallest absolute Gasteiger partial charge is 0.338 e. The first kappa shape index (κ1) is 15.7. The fourth-order valence-corrected chi connectivity index (χ4v) is 5.74. The van der Waals surface area contributed by atoms with Gasteiger partial charge in [-0.2, -0.15) is 0 Å². The van der Waals surface area contributed by atoms with Gasteiger partial charge in [0, 0.05) is 28.4 Å². The largest absolute Gasteiger partial charge is 0.512 e. The van der Waals surface area contributed by atoms with Crippen molar-refractivity contribution in [2.45, 2.75) is 38.7 Å². The van der Waals surface area contributed by atoms with Gasteiger partial charge in [0.25, 0.3) is 0 Å². The highest BCUT2D eigenvalue weighted by atomic mass is 16.5. The van der Waals surface area contributed by atoms with E-state index in [9.17, 15) is 14.7 Å². The summed E-state index contributed by atoms with van der Waals surface area (Å²) in [4.78, 5) is 25.0. The zero-order valence-corrected chi connectivity index (χ0v) is 14.5. The number of aliphatic hydroxyl groups is 1. The number of furan rings is 1. The second-order valence-corrected chi connectivity index (χ2v) is 8.05. The lowest BCUT2D eigenvalue weighted by molar-refractivity contribution is -0.159. The molecule has 0 saturated carbocycles. The molecule has 6 heteroatoms. The molecule has 2 aliphatic heterocycles. The van der Waals surface area contributed by atoms with Crippen molar-refractivity contribution in [1.82, 2.24) is 0 Å². The average Bonchev–Trinajstić information content (AvgIpc) is 3.22. The van der Waals surface area contributed by atoms with E-state index in [0.29, 0.717) is 17.6 Å². The van der Waals surface area contributed by atoms with E-state index >= 15 is 0 Å². The third-order valence-corrected chi connectivity index (χ3v) is 6.78. The van der Waals surface area contributed by atoms with Gasteiger partial charge >= 0.3 is 11.9 Å². The molecule has 4 atom stereocenters. The Kier molecular flexibility index (Phi) is 3.04. The van der Waals surface area contributed by atoms with Crippen molar-refractivity contribution in [2.24, 2.45) is 16.7 Å². The van der Waals surface area contributed by atoms with Crippen LogP contribution in [0.4, 0.5) is 0 Å². The Morgan fingerprint density at radius 2 is 2.12 bits per heavy atom. The molecular formula is C20H20O6. The van der Waals surface area contributed by atoms with Crippen LogP contribution in [0.1, 0.15) is 44.3 Å². The molecule has 1 aromatic heterocycles. The minimum Gasteiger partial charge on any atom is -0.512 e. The van der Waals surface area contributed by atoms with Crippen LogP contribution in [0.2, 0.25) is 0 Å². The molecular weight excluding hydrogens is 336 g/mol. The van der Waals surface area contributed by atoms with Crippen molar-refractivity contribution in [3.8, 4) is 0 Å². The first-order valence-corrected chi connectivity index (χ1v) is 8.99. The topological polar surface area (TPSA) is 86.0 Å². The van der Waals surface area contributed by atoms with Gasteiger partial charge in [0.05, 0.1) is 18.1 Å². The van der Waals surface area contributed by atoms with E-state index in [0.717, 1.165) is 18.4 Å². The van der Waals surface area contributed by atoms with Crippen LogP contribution in [0.3, 0.4) is 0 Å². The molecule has 0 aromatic carbocycles. The van der Waals surface area contributed by atoms with Gasteiger partial charge < -0.3 is 19.0 Å². The summed E-state index contributed by atoms with van der Waals surface area (Å²) in [6, 6.07) is 1.79. The van der Waals surface area contributed by atoms with E-state index in [1.54, 1.807) is 18.6 Å². The van der Waals surface area contributed by atoms with Crippen molar-refractivity contribution in [1.29, 1.82) is 0 Å². The van der Waals surface area contributed by atoms with Crippen molar-refractivity contribution in [3.63, 3.8) is 0 Å². The summed E-state index contributed by atoms with van der Waals surface area (Å²) in [5.41, 5.74) is 0.708. The van der Waals surface area contributed by atoms with Gasteiger partial charge in [-0.05, 0) is 31.2 Å². The van der Waals surface area contributed by atoms with Gasteiger partial charge in [-0.15, -0.1) is 0 Å². The van der Waals surface area contributed by atoms with Crippen molar-refractivity contribution in [3.05, 3.63) is 47.1 Å². The third-order valence-electron chi connectivity index (χ3n) is 6.78. The maximum absolute atomic E-state index is 12.8. The Labute approximate surface area is 150 Å². The average molecular weight is 356 g/mol. The molecule has 1 N–H and O–H groups in total. The van der Waals surface area contributed by atoms with Gasteiger partial charge in [-0.3, -0.25) is 0 Å². The van der Waals surface area contributed by atoms with Gasteiger partial charge in [0.1, 0.15) is 18.5 Å². The van der Waals surface area contributed by atoms with E-state index in [1.165, 1.54) is 0 Å². The lowest BCUT2D eigenvalue weighted by atomic mass is 9.48. The molecule has 2 aliphatic carbocycles. The maximum atomic E-state index is 12.8. The first-order valence-electron chi connectivity index (χ1n) is 8.99. The monoisotopic (exact) mass is 356 g/mol. The number of cyclic esters (lactones) is 2. The van der Waals surface area contributed by atoms with Gasteiger partial charge in [0.2, 0.25) is 0 Å². The zero-order chi connectivity index (χ0) is 18.1. The number of carbonyl (C=O) groups is 2. The SMILES string of the molecule is CC12CC(c3ccoc3)OC(=O)C1=C(O)CC13COC(=O)C1=CCCC23. The minimum atomic E-state index is -0.590. The molecule has 26 heavy (non-hydrogen) atoms. The highest BCUT2D eigenvalue weighted by Crippen LogP contribution is 2.65. The van der Waals surface area contributed by atoms with Crippen LogP contribution in [-0.2, 0) is 19.1 Å². The molecule has 3 heterocycles. The van der Waals surface area contributed by atoms with Crippen LogP contribution in [0, 0.1) is 16.7 Å². The molecule has 136 valence electrons. The predicted octanol–water partition coefficient (Wildman–Crippen LogP) is 3.37. The summed E-state index contributed by atoms with van der Waals surface area (Å²) < 4.78 is 16.2. The Hall–Kier alpha value is -2.50. The van der Waals surface area contributed by atoms with Crippen LogP contribution < -0.4 is 0 Å². The summed E-state index contributed by atoms with van der Waals surface area (Å²) in [6.07, 6.45) is 7.08. The van der Waals surface area contributed by atoms with E-state index < -0.39 is 22.9 Å². The molecule has 1 spiro atoms. The molecule has 0 radical (unpaired) electrons. The normalized spacial score (nSPS) is 38.7. The number of rotatable bonds is 1. The fraction of sp³-hybridized carbons (Fsp3) is 0.500. The number of ether oxygens (including phenoxy) is 2. The Morgan fingerprint density at radius 3 is 2.88 bits per heavy atom. The summed E-state index contributed by atoms with van der Waals surface area (Å²) in [7, 11) is 0. The number of fused-ring (bicyclic) bond motifs is 2. The molecule has 6 nitrogen and oxygen atoms in total. The Bertz CT molecular complexity index is 863. The Morgan fingerprint density at radius 1 is 1.27 bits per heavy atom. The lowest BCUT2D eigenvalue weighted by Crippen LogP contribution is -2.53. The van der Waals surface area contributed by atoms with Crippen LogP contribution in [-0.4, -0.2) is 23.7 Å². The number of aliphatic hydroxyl groups excluding tert-OH is 1. The summed E-state index contributed by atoms with van der Waals surface area (Å²) in [5.74, 6) is -0.696. The molecule has 0 amide bonds. The Balaban J connectivity index is 1.65. The molecule has 0 bridgehead atoms. The van der Waals surface area contributed by atoms with Crippen LogP contribution in [0.25, 0.3) is 0 Å². The van der Waals surface area contributed by atoms with Gasteiger partial charge in [-0.25, -0.2) is 9.59 Å². The fourth-order valence-electron chi connectivity index (χ4n) is 5.74. The van der Waals surface area contributed by atoms with Crippen LogP contribution in [0.15, 0.2) is 46.0 Å². The van der Waals surface area contributed by atoms with E-state index in [4.69, 9.17) is 13.9 Å². The van der Waals surface area contributed by atoms with Crippen LogP contribution >= 0.6 is 0 Å². The highest BCUT2D eigenvalue weighted by Gasteiger charge is 2.64. The number of esters is 2. The van der Waals surface area contributed by atoms with Crippen molar-refractivity contribution < 1.29 is 28.6 Å². The standard InChI is InChI=1S/C20H20O6/c1-19-8-14(11-5-6-24-9-11)26-18(23)16(19)13(21)7-20-10-25-17(22)12(20)3-2-4-15(19)20/h3,5-6,9,14-15,21H,2,4,7-8,10H2,1H3. The highest BCUT2D eigenvalue weighted by molar-refractivity contribution is 5.95. The minimum absolute atomic E-state index is 0.0329. The van der Waals surface area contributed by atoms with E-state index in [2.05, 4.69) is 0 Å². The lowest BCUT2D eigenvalue weighted by Gasteiger charge is -2.55. The number of allylic oxidation sites excluding steroid dienone is 2. The molecule has 1 aromatic rings. The second kappa shape index (κ2) is 5.02.